The molecule has 2 heterocycles. The normalized spacial score (nSPS) is 14.9. The molecule has 0 radical (unpaired) electrons. The molecule has 0 atom stereocenters. The summed E-state index contributed by atoms with van der Waals surface area (Å²) in [6.45, 7) is 7.64. The molecule has 1 aliphatic carbocycles. The number of pyridine rings is 1. The minimum absolute atomic E-state index is 0.177. The van der Waals surface area contributed by atoms with Gasteiger partial charge in [0.05, 0.1) is 30.1 Å². The Labute approximate surface area is 165 Å². The third-order valence-electron chi connectivity index (χ3n) is 4.85. The van der Waals surface area contributed by atoms with Crippen molar-refractivity contribution < 1.29 is 18.8 Å². The number of rotatable bonds is 6. The molecule has 0 aromatic carbocycles. The minimum atomic E-state index is -0.470. The summed E-state index contributed by atoms with van der Waals surface area (Å²) in [4.78, 5) is 16.4. The zero-order chi connectivity index (χ0) is 20.1. The molecule has 0 spiro atoms. The van der Waals surface area contributed by atoms with E-state index in [4.69, 9.17) is 14.0 Å². The summed E-state index contributed by atoms with van der Waals surface area (Å²) < 4.78 is 16.7. The monoisotopic (exact) mass is 387 g/mol. The van der Waals surface area contributed by atoms with E-state index in [-0.39, 0.29) is 18.8 Å². The van der Waals surface area contributed by atoms with Crippen molar-refractivity contribution in [1.29, 1.82) is 0 Å². The number of ether oxygens (including phenoxy) is 2. The summed E-state index contributed by atoms with van der Waals surface area (Å²) >= 11 is 0. The van der Waals surface area contributed by atoms with Gasteiger partial charge in [0, 0.05) is 5.56 Å². The van der Waals surface area contributed by atoms with Gasteiger partial charge in [0.1, 0.15) is 11.4 Å². The third kappa shape index (κ3) is 5.03. The van der Waals surface area contributed by atoms with Crippen LogP contribution in [-0.4, -0.2) is 28.4 Å². The average molecular weight is 387 g/mol. The molecule has 7 heteroatoms. The van der Waals surface area contributed by atoms with Crippen LogP contribution in [0.2, 0.25) is 0 Å². The Kier molecular flexibility index (Phi) is 6.54. The topological polar surface area (TPSA) is 86.5 Å². The van der Waals surface area contributed by atoms with Crippen LogP contribution in [0.1, 0.15) is 62.9 Å². The molecule has 1 saturated carbocycles. The first kappa shape index (κ1) is 20.2. The summed E-state index contributed by atoms with van der Waals surface area (Å²) in [5.41, 5.74) is 2.98. The van der Waals surface area contributed by atoms with Crippen molar-refractivity contribution in [2.45, 2.75) is 78.6 Å². The number of hydrogen-bond acceptors (Lipinski definition) is 6. The molecular weight excluding hydrogens is 358 g/mol. The molecule has 1 N–H and O–H groups in total. The van der Waals surface area contributed by atoms with Crippen molar-refractivity contribution in [2.24, 2.45) is 0 Å². The highest BCUT2D eigenvalue weighted by Gasteiger charge is 2.20. The van der Waals surface area contributed by atoms with Crippen molar-refractivity contribution in [3.8, 4) is 17.2 Å². The maximum Gasteiger partial charge on any atom is 0.407 e. The SMILES string of the molecule is Cc1nc(-c2onc(C)c2CNC(=O)OC(C)C)ccc1OC1CCCCC1. The van der Waals surface area contributed by atoms with Gasteiger partial charge in [-0.3, -0.25) is 0 Å². The predicted molar refractivity (Wildman–Crippen MR) is 105 cm³/mol. The molecule has 2 aromatic heterocycles. The first-order valence-electron chi connectivity index (χ1n) is 9.98. The lowest BCUT2D eigenvalue weighted by molar-refractivity contribution is 0.115. The van der Waals surface area contributed by atoms with Gasteiger partial charge < -0.3 is 19.3 Å². The Morgan fingerprint density at radius 1 is 1.21 bits per heavy atom. The van der Waals surface area contributed by atoms with Crippen LogP contribution in [0.5, 0.6) is 5.75 Å². The maximum atomic E-state index is 11.8. The summed E-state index contributed by atoms with van der Waals surface area (Å²) in [5, 5.41) is 6.77. The van der Waals surface area contributed by atoms with E-state index in [0.29, 0.717) is 17.1 Å². The second-order valence-electron chi connectivity index (χ2n) is 7.54. The third-order valence-corrected chi connectivity index (χ3v) is 4.85. The molecule has 1 aliphatic rings. The molecular formula is C21H29N3O4. The molecule has 1 amide bonds. The molecule has 0 saturated heterocycles. The molecule has 3 rings (SSSR count). The number of aromatic nitrogens is 2. The van der Waals surface area contributed by atoms with Crippen LogP contribution in [0, 0.1) is 13.8 Å². The Hall–Kier alpha value is -2.57. The Balaban J connectivity index is 1.72. The van der Waals surface area contributed by atoms with E-state index < -0.39 is 6.09 Å². The van der Waals surface area contributed by atoms with Crippen LogP contribution >= 0.6 is 0 Å². The van der Waals surface area contributed by atoms with Crippen molar-refractivity contribution in [3.05, 3.63) is 29.1 Å². The van der Waals surface area contributed by atoms with Crippen LogP contribution in [0.4, 0.5) is 4.79 Å². The fraction of sp³-hybridized carbons (Fsp3) is 0.571. The van der Waals surface area contributed by atoms with Crippen LogP contribution in [0.3, 0.4) is 0 Å². The van der Waals surface area contributed by atoms with Gasteiger partial charge in [0.15, 0.2) is 5.76 Å². The lowest BCUT2D eigenvalue weighted by atomic mass is 9.98. The highest BCUT2D eigenvalue weighted by molar-refractivity contribution is 5.68. The number of hydrogen-bond donors (Lipinski definition) is 1. The molecule has 152 valence electrons. The second kappa shape index (κ2) is 9.08. The summed E-state index contributed by atoms with van der Waals surface area (Å²) in [5.74, 6) is 1.36. The van der Waals surface area contributed by atoms with Gasteiger partial charge in [0.2, 0.25) is 0 Å². The first-order chi connectivity index (χ1) is 13.4. The zero-order valence-corrected chi connectivity index (χ0v) is 17.1. The highest BCUT2D eigenvalue weighted by atomic mass is 16.6. The largest absolute Gasteiger partial charge is 0.489 e. The molecule has 7 nitrogen and oxygen atoms in total. The Morgan fingerprint density at radius 2 is 1.96 bits per heavy atom. The Bertz CT molecular complexity index is 810. The van der Waals surface area contributed by atoms with Gasteiger partial charge in [-0.25, -0.2) is 9.78 Å². The number of alkyl carbamates (subject to hydrolysis) is 1. The van der Waals surface area contributed by atoms with Gasteiger partial charge in [0.25, 0.3) is 0 Å². The second-order valence-corrected chi connectivity index (χ2v) is 7.54. The molecule has 28 heavy (non-hydrogen) atoms. The highest BCUT2D eigenvalue weighted by Crippen LogP contribution is 2.29. The number of aryl methyl sites for hydroxylation is 2. The molecule has 0 bridgehead atoms. The van der Waals surface area contributed by atoms with E-state index in [2.05, 4.69) is 15.5 Å². The minimum Gasteiger partial charge on any atom is -0.489 e. The van der Waals surface area contributed by atoms with Crippen LogP contribution in [-0.2, 0) is 11.3 Å². The van der Waals surface area contributed by atoms with E-state index in [9.17, 15) is 4.79 Å². The molecule has 2 aromatic rings. The number of carbonyl (C=O) groups excluding carboxylic acids is 1. The van der Waals surface area contributed by atoms with Crippen molar-refractivity contribution in [1.82, 2.24) is 15.5 Å². The quantitative estimate of drug-likeness (QED) is 0.773. The van der Waals surface area contributed by atoms with Crippen molar-refractivity contribution >= 4 is 6.09 Å². The maximum absolute atomic E-state index is 11.8. The summed E-state index contributed by atoms with van der Waals surface area (Å²) in [6.07, 6.45) is 5.58. The first-order valence-corrected chi connectivity index (χ1v) is 9.98. The van der Waals surface area contributed by atoms with E-state index in [1.807, 2.05) is 26.0 Å². The molecule has 1 fully saturated rings. The average Bonchev–Trinajstić information content (AvgIpc) is 3.02. The van der Waals surface area contributed by atoms with Gasteiger partial charge in [-0.05, 0) is 65.5 Å². The van der Waals surface area contributed by atoms with Crippen LogP contribution in [0.15, 0.2) is 16.7 Å². The van der Waals surface area contributed by atoms with Crippen molar-refractivity contribution in [3.63, 3.8) is 0 Å². The molecule has 0 aliphatic heterocycles. The fourth-order valence-corrected chi connectivity index (χ4v) is 3.38. The number of amides is 1. The van der Waals surface area contributed by atoms with Crippen molar-refractivity contribution in [2.75, 3.05) is 0 Å². The number of carbonyl (C=O) groups is 1. The summed E-state index contributed by atoms with van der Waals surface area (Å²) in [7, 11) is 0. The molecule has 0 unspecified atom stereocenters. The standard InChI is InChI=1S/C21H29N3O4/c1-13(2)26-21(25)22-12-17-14(3)24-28-20(17)18-10-11-19(15(4)23-18)27-16-8-6-5-7-9-16/h10-11,13,16H,5-9,12H2,1-4H3,(H,22,25). The van der Waals surface area contributed by atoms with E-state index in [1.54, 1.807) is 13.8 Å². The van der Waals surface area contributed by atoms with Gasteiger partial charge in [-0.2, -0.15) is 0 Å². The van der Waals surface area contributed by atoms with E-state index in [1.165, 1.54) is 19.3 Å². The van der Waals surface area contributed by atoms with Gasteiger partial charge in [-0.15, -0.1) is 0 Å². The fourth-order valence-electron chi connectivity index (χ4n) is 3.38. The van der Waals surface area contributed by atoms with Gasteiger partial charge in [-0.1, -0.05) is 11.6 Å². The van der Waals surface area contributed by atoms with E-state index >= 15 is 0 Å². The Morgan fingerprint density at radius 3 is 2.64 bits per heavy atom. The predicted octanol–water partition coefficient (Wildman–Crippen LogP) is 4.70. The lowest BCUT2D eigenvalue weighted by Crippen LogP contribution is -2.26. The summed E-state index contributed by atoms with van der Waals surface area (Å²) in [6, 6.07) is 3.81. The van der Waals surface area contributed by atoms with Crippen LogP contribution in [0.25, 0.3) is 11.5 Å². The van der Waals surface area contributed by atoms with E-state index in [0.717, 1.165) is 29.8 Å². The van der Waals surface area contributed by atoms with Crippen LogP contribution < -0.4 is 10.1 Å². The van der Waals surface area contributed by atoms with Gasteiger partial charge >= 0.3 is 6.09 Å². The number of nitrogens with one attached hydrogen (secondary N) is 1. The number of nitrogens with zero attached hydrogens (tertiary/aromatic N) is 2. The lowest BCUT2D eigenvalue weighted by Gasteiger charge is -2.23. The zero-order valence-electron chi connectivity index (χ0n) is 17.1. The smallest absolute Gasteiger partial charge is 0.407 e.